The Balaban J connectivity index is 0.00000289. The number of guanidine groups is 1. The molecule has 1 amide bonds. The molecular weight excluding hydrogens is 347 g/mol. The van der Waals surface area contributed by atoms with E-state index in [-0.39, 0.29) is 48.4 Å². The molecule has 0 saturated carbocycles. The summed E-state index contributed by atoms with van der Waals surface area (Å²) in [5.74, 6) is 0.777. The molecule has 7 heteroatoms. The summed E-state index contributed by atoms with van der Waals surface area (Å²) in [6.07, 6.45) is 1.56. The molecule has 0 unspecified atom stereocenters. The topological polar surface area (TPSA) is 92.6 Å². The number of amides is 1. The fourth-order valence-corrected chi connectivity index (χ4v) is 1.15. The molecule has 1 heterocycles. The molecule has 1 aromatic heterocycles. The van der Waals surface area contributed by atoms with Gasteiger partial charge in [0.25, 0.3) is 0 Å². The molecule has 6 nitrogen and oxygen atoms in total. The molecule has 0 saturated heterocycles. The molecule has 1 aromatic rings. The van der Waals surface area contributed by atoms with Crippen LogP contribution in [0.3, 0.4) is 0 Å². The molecule has 0 aliphatic rings. The van der Waals surface area contributed by atoms with Gasteiger partial charge in [0.2, 0.25) is 5.91 Å². The van der Waals surface area contributed by atoms with E-state index in [2.05, 4.69) is 15.6 Å². The van der Waals surface area contributed by atoms with Crippen molar-refractivity contribution in [3.05, 3.63) is 24.2 Å². The van der Waals surface area contributed by atoms with Crippen molar-refractivity contribution in [1.29, 1.82) is 0 Å². The lowest BCUT2D eigenvalue weighted by atomic mass is 10.4. The molecular formula is C11H19IN4O2. The highest BCUT2D eigenvalue weighted by molar-refractivity contribution is 14.0. The zero-order chi connectivity index (χ0) is 12.7. The van der Waals surface area contributed by atoms with Gasteiger partial charge in [-0.25, -0.2) is 4.99 Å². The van der Waals surface area contributed by atoms with Crippen molar-refractivity contribution in [2.45, 2.75) is 26.4 Å². The van der Waals surface area contributed by atoms with Gasteiger partial charge in [0, 0.05) is 6.04 Å². The van der Waals surface area contributed by atoms with Crippen molar-refractivity contribution in [2.75, 3.05) is 6.54 Å². The summed E-state index contributed by atoms with van der Waals surface area (Å²) >= 11 is 0. The van der Waals surface area contributed by atoms with E-state index in [0.29, 0.717) is 12.3 Å². The molecule has 0 spiro atoms. The smallest absolute Gasteiger partial charge is 0.242 e. The first-order valence-corrected chi connectivity index (χ1v) is 5.43. The summed E-state index contributed by atoms with van der Waals surface area (Å²) in [5, 5.41) is 5.57. The number of hydrogen-bond donors (Lipinski definition) is 3. The molecule has 102 valence electrons. The number of aliphatic imine (C=N–C) groups is 1. The van der Waals surface area contributed by atoms with Crippen molar-refractivity contribution in [1.82, 2.24) is 10.6 Å². The lowest BCUT2D eigenvalue weighted by molar-refractivity contribution is -0.119. The van der Waals surface area contributed by atoms with Gasteiger partial charge in [0.05, 0.1) is 12.8 Å². The van der Waals surface area contributed by atoms with E-state index in [1.54, 1.807) is 18.4 Å². The summed E-state index contributed by atoms with van der Waals surface area (Å²) in [4.78, 5) is 15.3. The second-order valence-electron chi connectivity index (χ2n) is 3.86. The first kappa shape index (κ1) is 16.8. The maximum atomic E-state index is 11.4. The normalized spacial score (nSPS) is 10.9. The van der Waals surface area contributed by atoms with Crippen molar-refractivity contribution in [3.63, 3.8) is 0 Å². The van der Waals surface area contributed by atoms with Gasteiger partial charge in [0.15, 0.2) is 5.96 Å². The van der Waals surface area contributed by atoms with E-state index in [4.69, 9.17) is 10.2 Å². The van der Waals surface area contributed by atoms with Crippen LogP contribution >= 0.6 is 24.0 Å². The second-order valence-corrected chi connectivity index (χ2v) is 3.86. The number of nitrogens with zero attached hydrogens (tertiary/aromatic N) is 1. The van der Waals surface area contributed by atoms with Crippen LogP contribution in [0.25, 0.3) is 0 Å². The third kappa shape index (κ3) is 7.15. The van der Waals surface area contributed by atoms with Crippen LogP contribution in [0.1, 0.15) is 19.6 Å². The van der Waals surface area contributed by atoms with Gasteiger partial charge in [-0.2, -0.15) is 0 Å². The molecule has 0 atom stereocenters. The maximum Gasteiger partial charge on any atom is 0.242 e. The molecule has 4 N–H and O–H groups in total. The Labute approximate surface area is 123 Å². The highest BCUT2D eigenvalue weighted by Crippen LogP contribution is 1.98. The number of nitrogens with two attached hydrogens (primary N) is 1. The lowest BCUT2D eigenvalue weighted by Gasteiger charge is -2.08. The zero-order valence-electron chi connectivity index (χ0n) is 10.5. The fourth-order valence-electron chi connectivity index (χ4n) is 1.15. The van der Waals surface area contributed by atoms with Crippen molar-refractivity contribution in [2.24, 2.45) is 10.7 Å². The Hall–Kier alpha value is -1.25. The van der Waals surface area contributed by atoms with E-state index in [0.717, 1.165) is 0 Å². The van der Waals surface area contributed by atoms with E-state index >= 15 is 0 Å². The van der Waals surface area contributed by atoms with Gasteiger partial charge in [0.1, 0.15) is 12.3 Å². The van der Waals surface area contributed by atoms with Crippen molar-refractivity contribution in [3.8, 4) is 0 Å². The molecule has 0 bridgehead atoms. The number of furan rings is 1. The molecule has 0 radical (unpaired) electrons. The summed E-state index contributed by atoms with van der Waals surface area (Å²) in [5.41, 5.74) is 5.55. The van der Waals surface area contributed by atoms with Crippen LogP contribution in [0.5, 0.6) is 0 Å². The van der Waals surface area contributed by atoms with Crippen LogP contribution in [0, 0.1) is 0 Å². The van der Waals surface area contributed by atoms with Gasteiger partial charge < -0.3 is 20.8 Å². The Morgan fingerprint density at radius 2 is 2.28 bits per heavy atom. The molecule has 18 heavy (non-hydrogen) atoms. The highest BCUT2D eigenvalue weighted by Gasteiger charge is 2.02. The van der Waals surface area contributed by atoms with E-state index in [9.17, 15) is 4.79 Å². The quantitative estimate of drug-likeness (QED) is 0.409. The minimum atomic E-state index is -0.199. The van der Waals surface area contributed by atoms with Crippen LogP contribution in [-0.2, 0) is 11.3 Å². The number of carbonyl (C=O) groups is 1. The van der Waals surface area contributed by atoms with Gasteiger partial charge >= 0.3 is 0 Å². The number of rotatable bonds is 5. The third-order valence-electron chi connectivity index (χ3n) is 1.87. The maximum absolute atomic E-state index is 11.4. The van der Waals surface area contributed by atoms with Crippen LogP contribution in [0.15, 0.2) is 27.8 Å². The van der Waals surface area contributed by atoms with Crippen LogP contribution in [0.2, 0.25) is 0 Å². The van der Waals surface area contributed by atoms with Gasteiger partial charge in [-0.05, 0) is 26.0 Å². The summed E-state index contributed by atoms with van der Waals surface area (Å²) in [7, 11) is 0. The Bertz CT molecular complexity index is 376. The third-order valence-corrected chi connectivity index (χ3v) is 1.87. The Kier molecular flexibility index (Phi) is 8.17. The summed E-state index contributed by atoms with van der Waals surface area (Å²) < 4.78 is 5.07. The van der Waals surface area contributed by atoms with Gasteiger partial charge in [-0.1, -0.05) is 0 Å². The van der Waals surface area contributed by atoms with Crippen molar-refractivity contribution >= 4 is 35.8 Å². The average Bonchev–Trinajstić information content (AvgIpc) is 2.75. The summed E-state index contributed by atoms with van der Waals surface area (Å²) in [6, 6.07) is 3.76. The molecule has 0 fully saturated rings. The highest BCUT2D eigenvalue weighted by atomic mass is 127. The van der Waals surface area contributed by atoms with Crippen molar-refractivity contribution < 1.29 is 9.21 Å². The average molecular weight is 366 g/mol. The van der Waals surface area contributed by atoms with Gasteiger partial charge in [-0.15, -0.1) is 24.0 Å². The largest absolute Gasteiger partial charge is 0.467 e. The number of nitrogens with one attached hydrogen (secondary N) is 2. The van der Waals surface area contributed by atoms with Crippen LogP contribution < -0.4 is 16.4 Å². The first-order valence-electron chi connectivity index (χ1n) is 5.43. The minimum absolute atomic E-state index is 0. The number of hydrogen-bond acceptors (Lipinski definition) is 3. The number of carbonyl (C=O) groups excluding carboxylic acids is 1. The summed E-state index contributed by atoms with van der Waals surface area (Å²) in [6.45, 7) is 4.25. The minimum Gasteiger partial charge on any atom is -0.467 e. The monoisotopic (exact) mass is 366 g/mol. The van der Waals surface area contributed by atoms with E-state index in [1.165, 1.54) is 0 Å². The Morgan fingerprint density at radius 1 is 1.56 bits per heavy atom. The molecule has 0 aliphatic carbocycles. The zero-order valence-corrected chi connectivity index (χ0v) is 12.8. The van der Waals surface area contributed by atoms with Gasteiger partial charge in [-0.3, -0.25) is 4.79 Å². The standard InChI is InChI=1S/C11H18N4O2.HI/c1-8(2)15-11(12)14-7-10(16)13-6-9-4-3-5-17-9;/h3-5,8H,6-7H2,1-2H3,(H,13,16)(H3,12,14,15);1H. The predicted octanol–water partition coefficient (Wildman–Crippen LogP) is 0.827. The van der Waals surface area contributed by atoms with Crippen LogP contribution in [0.4, 0.5) is 0 Å². The first-order chi connectivity index (χ1) is 8.08. The van der Waals surface area contributed by atoms with E-state index < -0.39 is 0 Å². The fraction of sp³-hybridized carbons (Fsp3) is 0.455. The lowest BCUT2D eigenvalue weighted by Crippen LogP contribution is -2.37. The predicted molar refractivity (Wildman–Crippen MR) is 80.7 cm³/mol. The van der Waals surface area contributed by atoms with Crippen LogP contribution in [-0.4, -0.2) is 24.5 Å². The van der Waals surface area contributed by atoms with E-state index in [1.807, 2.05) is 13.8 Å². The Morgan fingerprint density at radius 3 is 2.83 bits per heavy atom. The number of halogens is 1. The molecule has 0 aliphatic heterocycles. The molecule has 0 aromatic carbocycles. The second kappa shape index (κ2) is 8.78. The molecule has 1 rings (SSSR count). The SMILES string of the molecule is CC(C)NC(N)=NCC(=O)NCc1ccco1.I.